The van der Waals surface area contributed by atoms with Crippen molar-refractivity contribution in [1.29, 1.82) is 0 Å². The molecule has 1 amide bonds. The van der Waals surface area contributed by atoms with E-state index in [0.717, 1.165) is 16.5 Å². The maximum absolute atomic E-state index is 11.7. The summed E-state index contributed by atoms with van der Waals surface area (Å²) in [6.07, 6.45) is 0.353. The molecule has 0 radical (unpaired) electrons. The van der Waals surface area contributed by atoms with Gasteiger partial charge in [0, 0.05) is 4.47 Å². The summed E-state index contributed by atoms with van der Waals surface area (Å²) in [5, 5.41) is 2.77. The number of alkyl carbamates (subject to hydrolysis) is 1. The number of halogens is 1. The van der Waals surface area contributed by atoms with Gasteiger partial charge >= 0.3 is 6.09 Å². The van der Waals surface area contributed by atoms with Crippen LogP contribution in [0.3, 0.4) is 0 Å². The van der Waals surface area contributed by atoms with Gasteiger partial charge in [-0.05, 0) is 44.4 Å². The van der Waals surface area contributed by atoms with Gasteiger partial charge in [0.25, 0.3) is 0 Å². The molecule has 0 fully saturated rings. The molecule has 1 aliphatic heterocycles. The Morgan fingerprint density at radius 3 is 2.95 bits per heavy atom. The van der Waals surface area contributed by atoms with Crippen LogP contribution < -0.4 is 5.32 Å². The van der Waals surface area contributed by atoms with Gasteiger partial charge < -0.3 is 14.8 Å². The lowest BCUT2D eigenvalue weighted by Crippen LogP contribution is -2.36. The van der Waals surface area contributed by atoms with Crippen molar-refractivity contribution >= 4 is 22.0 Å². The summed E-state index contributed by atoms with van der Waals surface area (Å²) in [7, 11) is 0. The summed E-state index contributed by atoms with van der Waals surface area (Å²) >= 11 is 3.56. The molecule has 0 bridgehead atoms. The topological polar surface area (TPSA) is 47.6 Å². The SMILES string of the molecule is CC(C)(C)OC(=O)NC[C@H]1OCCc2c(Br)cccc21. The molecule has 1 aromatic rings. The highest BCUT2D eigenvalue weighted by Crippen LogP contribution is 2.31. The predicted octanol–water partition coefficient (Wildman–Crippen LogP) is 3.59. The van der Waals surface area contributed by atoms with Crippen LogP contribution in [0, 0.1) is 0 Å². The largest absolute Gasteiger partial charge is 0.444 e. The summed E-state index contributed by atoms with van der Waals surface area (Å²) in [6.45, 7) is 6.61. The first kappa shape index (κ1) is 15.3. The maximum atomic E-state index is 11.7. The molecule has 5 heteroatoms. The molecule has 0 aromatic heterocycles. The van der Waals surface area contributed by atoms with Crippen molar-refractivity contribution in [3.63, 3.8) is 0 Å². The van der Waals surface area contributed by atoms with E-state index in [1.807, 2.05) is 39.0 Å². The van der Waals surface area contributed by atoms with E-state index in [4.69, 9.17) is 9.47 Å². The van der Waals surface area contributed by atoms with Gasteiger partial charge in [0.2, 0.25) is 0 Å². The minimum atomic E-state index is -0.488. The number of hydrogen-bond donors (Lipinski definition) is 1. The van der Waals surface area contributed by atoms with Gasteiger partial charge in [-0.25, -0.2) is 4.79 Å². The number of ether oxygens (including phenoxy) is 2. The fourth-order valence-corrected chi connectivity index (χ4v) is 2.77. The number of rotatable bonds is 2. The Morgan fingerprint density at radius 1 is 1.50 bits per heavy atom. The van der Waals surface area contributed by atoms with E-state index in [1.165, 1.54) is 5.56 Å². The van der Waals surface area contributed by atoms with Crippen LogP contribution in [-0.4, -0.2) is 24.8 Å². The lowest BCUT2D eigenvalue weighted by molar-refractivity contribution is 0.0287. The number of carbonyl (C=O) groups is 1. The first-order chi connectivity index (χ1) is 9.37. The molecule has 1 N–H and O–H groups in total. The highest BCUT2D eigenvalue weighted by Gasteiger charge is 2.24. The van der Waals surface area contributed by atoms with E-state index in [-0.39, 0.29) is 6.10 Å². The smallest absolute Gasteiger partial charge is 0.407 e. The highest BCUT2D eigenvalue weighted by atomic mass is 79.9. The number of benzene rings is 1. The maximum Gasteiger partial charge on any atom is 0.407 e. The molecule has 2 rings (SSSR count). The van der Waals surface area contributed by atoms with E-state index < -0.39 is 11.7 Å². The van der Waals surface area contributed by atoms with Gasteiger partial charge in [0.05, 0.1) is 13.2 Å². The molecule has 0 unspecified atom stereocenters. The molecule has 1 heterocycles. The fourth-order valence-electron chi connectivity index (χ4n) is 2.19. The Bertz CT molecular complexity index is 496. The minimum absolute atomic E-state index is 0.122. The Labute approximate surface area is 128 Å². The van der Waals surface area contributed by atoms with Crippen molar-refractivity contribution < 1.29 is 14.3 Å². The second-order valence-electron chi connectivity index (χ2n) is 5.80. The van der Waals surface area contributed by atoms with Crippen LogP contribution in [0.4, 0.5) is 4.79 Å². The molecule has 4 nitrogen and oxygen atoms in total. The van der Waals surface area contributed by atoms with Crippen LogP contribution >= 0.6 is 15.9 Å². The van der Waals surface area contributed by atoms with E-state index in [1.54, 1.807) is 0 Å². The van der Waals surface area contributed by atoms with Crippen LogP contribution in [0.25, 0.3) is 0 Å². The summed E-state index contributed by atoms with van der Waals surface area (Å²) in [6, 6.07) is 6.06. The lowest BCUT2D eigenvalue weighted by atomic mass is 9.97. The van der Waals surface area contributed by atoms with Crippen molar-refractivity contribution in [2.24, 2.45) is 0 Å². The standard InChI is InChI=1S/C15H20BrNO3/c1-15(2,3)20-14(18)17-9-13-11-5-4-6-12(16)10(11)7-8-19-13/h4-6,13H,7-9H2,1-3H3,(H,17,18)/t13-/m1/s1. The van der Waals surface area contributed by atoms with Crippen molar-refractivity contribution in [3.8, 4) is 0 Å². The summed E-state index contributed by atoms with van der Waals surface area (Å²) in [5.74, 6) is 0. The first-order valence-corrected chi connectivity index (χ1v) is 7.52. The van der Waals surface area contributed by atoms with Crippen LogP contribution in [-0.2, 0) is 15.9 Å². The second-order valence-corrected chi connectivity index (χ2v) is 6.65. The monoisotopic (exact) mass is 341 g/mol. The molecule has 0 aliphatic carbocycles. The van der Waals surface area contributed by atoms with E-state index in [2.05, 4.69) is 21.2 Å². The zero-order valence-corrected chi connectivity index (χ0v) is 13.6. The van der Waals surface area contributed by atoms with Crippen molar-refractivity contribution in [2.75, 3.05) is 13.2 Å². The summed E-state index contributed by atoms with van der Waals surface area (Å²) < 4.78 is 12.1. The molecular formula is C15H20BrNO3. The Morgan fingerprint density at radius 2 is 2.25 bits per heavy atom. The normalized spacial score (nSPS) is 18.3. The third-order valence-corrected chi connectivity index (χ3v) is 3.75. The van der Waals surface area contributed by atoms with Crippen molar-refractivity contribution in [2.45, 2.75) is 38.9 Å². The first-order valence-electron chi connectivity index (χ1n) is 6.72. The number of amides is 1. The molecule has 0 spiro atoms. The Balaban J connectivity index is 1.99. The van der Waals surface area contributed by atoms with Crippen molar-refractivity contribution in [3.05, 3.63) is 33.8 Å². The lowest BCUT2D eigenvalue weighted by Gasteiger charge is -2.27. The van der Waals surface area contributed by atoms with Crippen LogP contribution in [0.2, 0.25) is 0 Å². The number of hydrogen-bond acceptors (Lipinski definition) is 3. The van der Waals surface area contributed by atoms with Gasteiger partial charge in [-0.1, -0.05) is 28.1 Å². The molecule has 110 valence electrons. The van der Waals surface area contributed by atoms with Gasteiger partial charge in [-0.15, -0.1) is 0 Å². The van der Waals surface area contributed by atoms with Gasteiger partial charge in [-0.3, -0.25) is 0 Å². The third-order valence-electron chi connectivity index (χ3n) is 3.00. The summed E-state index contributed by atoms with van der Waals surface area (Å²) in [4.78, 5) is 11.7. The molecule has 0 saturated carbocycles. The van der Waals surface area contributed by atoms with E-state index in [0.29, 0.717) is 13.2 Å². The molecule has 1 aliphatic rings. The van der Waals surface area contributed by atoms with Gasteiger partial charge in [-0.2, -0.15) is 0 Å². The molecule has 0 saturated heterocycles. The van der Waals surface area contributed by atoms with E-state index >= 15 is 0 Å². The second kappa shape index (κ2) is 6.14. The third kappa shape index (κ3) is 3.96. The molecule has 1 atom stereocenters. The van der Waals surface area contributed by atoms with Crippen molar-refractivity contribution in [1.82, 2.24) is 5.32 Å². The van der Waals surface area contributed by atoms with Crippen LogP contribution in [0.1, 0.15) is 38.0 Å². The zero-order valence-electron chi connectivity index (χ0n) is 12.0. The zero-order chi connectivity index (χ0) is 14.8. The summed E-state index contributed by atoms with van der Waals surface area (Å²) in [5.41, 5.74) is 1.90. The quantitative estimate of drug-likeness (QED) is 0.894. The fraction of sp³-hybridized carbons (Fsp3) is 0.533. The average molecular weight is 342 g/mol. The predicted molar refractivity (Wildman–Crippen MR) is 80.8 cm³/mol. The highest BCUT2D eigenvalue weighted by molar-refractivity contribution is 9.10. The van der Waals surface area contributed by atoms with Gasteiger partial charge in [0.1, 0.15) is 11.7 Å². The van der Waals surface area contributed by atoms with Crippen LogP contribution in [0.5, 0.6) is 0 Å². The Kier molecular flexibility index (Phi) is 4.70. The Hall–Kier alpha value is -1.07. The average Bonchev–Trinajstić information content (AvgIpc) is 2.35. The number of fused-ring (bicyclic) bond motifs is 1. The van der Waals surface area contributed by atoms with Gasteiger partial charge in [0.15, 0.2) is 0 Å². The molecule has 20 heavy (non-hydrogen) atoms. The minimum Gasteiger partial charge on any atom is -0.444 e. The number of nitrogens with one attached hydrogen (secondary N) is 1. The van der Waals surface area contributed by atoms with Crippen LogP contribution in [0.15, 0.2) is 22.7 Å². The van der Waals surface area contributed by atoms with E-state index in [9.17, 15) is 4.79 Å². The molecule has 1 aromatic carbocycles. The number of carbonyl (C=O) groups excluding carboxylic acids is 1. The molecular weight excluding hydrogens is 322 g/mol.